The van der Waals surface area contributed by atoms with Gasteiger partial charge in [-0.1, -0.05) is 34.8 Å². The van der Waals surface area contributed by atoms with Crippen LogP contribution in [0.25, 0.3) is 0 Å². The number of hydrogen-bond acceptors (Lipinski definition) is 4. The second-order valence-electron chi connectivity index (χ2n) is 2.89. The molecule has 0 bridgehead atoms. The molecule has 0 aromatic carbocycles. The van der Waals surface area contributed by atoms with Gasteiger partial charge in [0.1, 0.15) is 9.49 Å². The lowest BCUT2D eigenvalue weighted by molar-refractivity contribution is 0.102. The van der Waals surface area contributed by atoms with Gasteiger partial charge in [0.2, 0.25) is 5.95 Å². The highest BCUT2D eigenvalue weighted by atomic mass is 35.5. The van der Waals surface area contributed by atoms with Gasteiger partial charge in [-0.2, -0.15) is 0 Å². The van der Waals surface area contributed by atoms with Crippen LogP contribution in [0.15, 0.2) is 18.3 Å². The predicted octanol–water partition coefficient (Wildman–Crippen LogP) is 3.75. The van der Waals surface area contributed by atoms with Crippen LogP contribution in [0.3, 0.4) is 0 Å². The van der Waals surface area contributed by atoms with E-state index in [0.717, 1.165) is 11.3 Å². The SMILES string of the molecule is O=C(Nc1nccc(Cl)n1)c1cc(Cl)sc1Cl. The van der Waals surface area contributed by atoms with Gasteiger partial charge >= 0.3 is 0 Å². The van der Waals surface area contributed by atoms with E-state index in [9.17, 15) is 4.79 Å². The van der Waals surface area contributed by atoms with Crippen molar-refractivity contribution in [2.24, 2.45) is 0 Å². The van der Waals surface area contributed by atoms with E-state index < -0.39 is 5.91 Å². The molecule has 88 valence electrons. The highest BCUT2D eigenvalue weighted by Gasteiger charge is 2.15. The first-order valence-electron chi connectivity index (χ1n) is 4.31. The number of nitrogens with zero attached hydrogens (tertiary/aromatic N) is 2. The number of thiophene rings is 1. The second-order valence-corrected chi connectivity index (χ2v) is 5.57. The third-order valence-electron chi connectivity index (χ3n) is 1.75. The van der Waals surface area contributed by atoms with Crippen LogP contribution in [-0.4, -0.2) is 15.9 Å². The van der Waals surface area contributed by atoms with Crippen LogP contribution in [0.4, 0.5) is 5.95 Å². The molecule has 1 amide bonds. The fourth-order valence-corrected chi connectivity index (χ4v) is 2.66. The molecule has 0 radical (unpaired) electrons. The van der Waals surface area contributed by atoms with Crippen LogP contribution in [0, 0.1) is 0 Å². The monoisotopic (exact) mass is 307 g/mol. The number of carbonyl (C=O) groups excluding carboxylic acids is 1. The molecule has 0 unspecified atom stereocenters. The molecular formula is C9H4Cl3N3OS. The topological polar surface area (TPSA) is 54.9 Å². The Morgan fingerprint density at radius 3 is 2.71 bits per heavy atom. The van der Waals surface area contributed by atoms with Crippen molar-refractivity contribution in [3.8, 4) is 0 Å². The van der Waals surface area contributed by atoms with Gasteiger partial charge in [-0.05, 0) is 12.1 Å². The summed E-state index contributed by atoms with van der Waals surface area (Å²) in [6, 6.07) is 2.99. The summed E-state index contributed by atoms with van der Waals surface area (Å²) in [4.78, 5) is 19.5. The first-order chi connectivity index (χ1) is 8.06. The minimum absolute atomic E-state index is 0.112. The molecule has 0 spiro atoms. The van der Waals surface area contributed by atoms with E-state index in [0.29, 0.717) is 8.67 Å². The molecule has 0 saturated heterocycles. The van der Waals surface area contributed by atoms with E-state index in [-0.39, 0.29) is 16.7 Å². The molecule has 0 atom stereocenters. The molecule has 0 aliphatic heterocycles. The number of aromatic nitrogens is 2. The Bertz CT molecular complexity index is 572. The van der Waals surface area contributed by atoms with Crippen molar-refractivity contribution in [3.63, 3.8) is 0 Å². The van der Waals surface area contributed by atoms with Crippen molar-refractivity contribution in [1.29, 1.82) is 0 Å². The van der Waals surface area contributed by atoms with Crippen LogP contribution in [0.5, 0.6) is 0 Å². The highest BCUT2D eigenvalue weighted by Crippen LogP contribution is 2.31. The second kappa shape index (κ2) is 5.18. The van der Waals surface area contributed by atoms with Gasteiger partial charge in [-0.25, -0.2) is 9.97 Å². The molecule has 2 rings (SSSR count). The average molecular weight is 309 g/mol. The Balaban J connectivity index is 2.20. The lowest BCUT2D eigenvalue weighted by Crippen LogP contribution is -2.13. The summed E-state index contributed by atoms with van der Waals surface area (Å²) in [6.45, 7) is 0. The number of anilines is 1. The summed E-state index contributed by atoms with van der Waals surface area (Å²) >= 11 is 18.4. The van der Waals surface area contributed by atoms with E-state index in [1.165, 1.54) is 18.3 Å². The molecule has 1 N–H and O–H groups in total. The molecule has 2 aromatic heterocycles. The molecular weight excluding hydrogens is 305 g/mol. The van der Waals surface area contributed by atoms with Crippen molar-refractivity contribution in [3.05, 3.63) is 37.7 Å². The summed E-state index contributed by atoms with van der Waals surface area (Å²) in [7, 11) is 0. The third-order valence-corrected chi connectivity index (χ3v) is 3.45. The number of amides is 1. The van der Waals surface area contributed by atoms with Gasteiger partial charge < -0.3 is 0 Å². The zero-order valence-electron chi connectivity index (χ0n) is 8.08. The Kier molecular flexibility index (Phi) is 3.83. The summed E-state index contributed by atoms with van der Waals surface area (Å²) in [6.07, 6.45) is 1.44. The summed E-state index contributed by atoms with van der Waals surface area (Å²) in [5, 5.41) is 2.71. The third kappa shape index (κ3) is 3.07. The minimum Gasteiger partial charge on any atom is -0.290 e. The summed E-state index contributed by atoms with van der Waals surface area (Å²) < 4.78 is 0.752. The fraction of sp³-hybridized carbons (Fsp3) is 0. The van der Waals surface area contributed by atoms with Crippen molar-refractivity contribution >= 4 is 58.0 Å². The lowest BCUT2D eigenvalue weighted by Gasteiger charge is -2.01. The number of hydrogen-bond donors (Lipinski definition) is 1. The summed E-state index contributed by atoms with van der Waals surface area (Å²) in [5.74, 6) is -0.318. The van der Waals surface area contributed by atoms with Gasteiger partial charge in [0.15, 0.2) is 0 Å². The van der Waals surface area contributed by atoms with E-state index in [4.69, 9.17) is 34.8 Å². The van der Waals surface area contributed by atoms with Crippen molar-refractivity contribution in [2.75, 3.05) is 5.32 Å². The van der Waals surface area contributed by atoms with E-state index in [2.05, 4.69) is 15.3 Å². The van der Waals surface area contributed by atoms with Gasteiger partial charge in [-0.3, -0.25) is 10.1 Å². The van der Waals surface area contributed by atoms with Crippen molar-refractivity contribution in [1.82, 2.24) is 9.97 Å². The fourth-order valence-electron chi connectivity index (χ4n) is 1.06. The number of halogens is 3. The number of nitrogens with one attached hydrogen (secondary N) is 1. The Morgan fingerprint density at radius 2 is 2.12 bits per heavy atom. The van der Waals surface area contributed by atoms with Gasteiger partial charge in [-0.15, -0.1) is 11.3 Å². The largest absolute Gasteiger partial charge is 0.290 e. The van der Waals surface area contributed by atoms with Gasteiger partial charge in [0, 0.05) is 6.20 Å². The predicted molar refractivity (Wildman–Crippen MR) is 69.3 cm³/mol. The summed E-state index contributed by atoms with van der Waals surface area (Å²) in [5.41, 5.74) is 0.283. The zero-order chi connectivity index (χ0) is 12.4. The minimum atomic E-state index is -0.430. The van der Waals surface area contributed by atoms with Crippen molar-refractivity contribution in [2.45, 2.75) is 0 Å². The molecule has 0 saturated carbocycles. The van der Waals surface area contributed by atoms with Crippen LogP contribution < -0.4 is 5.32 Å². The van der Waals surface area contributed by atoms with Crippen LogP contribution in [-0.2, 0) is 0 Å². The molecule has 2 heterocycles. The van der Waals surface area contributed by atoms with Crippen molar-refractivity contribution < 1.29 is 4.79 Å². The van der Waals surface area contributed by atoms with E-state index >= 15 is 0 Å². The molecule has 8 heteroatoms. The van der Waals surface area contributed by atoms with E-state index in [1.54, 1.807) is 0 Å². The Morgan fingerprint density at radius 1 is 1.35 bits per heavy atom. The Labute approximate surface area is 116 Å². The molecule has 0 aliphatic carbocycles. The number of carbonyl (C=O) groups is 1. The quantitative estimate of drug-likeness (QED) is 0.860. The highest BCUT2D eigenvalue weighted by molar-refractivity contribution is 7.20. The molecule has 2 aromatic rings. The van der Waals surface area contributed by atoms with Crippen LogP contribution in [0.1, 0.15) is 10.4 Å². The maximum Gasteiger partial charge on any atom is 0.260 e. The molecule has 0 fully saturated rings. The molecule has 4 nitrogen and oxygen atoms in total. The maximum atomic E-state index is 11.8. The molecule has 17 heavy (non-hydrogen) atoms. The first-order valence-corrected chi connectivity index (χ1v) is 6.26. The van der Waals surface area contributed by atoms with E-state index in [1.807, 2.05) is 0 Å². The smallest absolute Gasteiger partial charge is 0.260 e. The number of rotatable bonds is 2. The van der Waals surface area contributed by atoms with Gasteiger partial charge in [0.25, 0.3) is 5.91 Å². The van der Waals surface area contributed by atoms with Crippen LogP contribution in [0.2, 0.25) is 13.8 Å². The normalized spacial score (nSPS) is 10.3. The average Bonchev–Trinajstić information content (AvgIpc) is 2.58. The van der Waals surface area contributed by atoms with Gasteiger partial charge in [0.05, 0.1) is 9.90 Å². The zero-order valence-corrected chi connectivity index (χ0v) is 11.2. The standard InChI is InChI=1S/C9H4Cl3N3OS/c10-5-1-2-13-9(14-5)15-8(16)4-3-6(11)17-7(4)12/h1-3H,(H,13,14,15,16). The van der Waals surface area contributed by atoms with Crippen LogP contribution >= 0.6 is 46.1 Å². The lowest BCUT2D eigenvalue weighted by atomic mass is 10.3. The first kappa shape index (κ1) is 12.6. The molecule has 0 aliphatic rings. The Hall–Kier alpha value is -0.880. The maximum absolute atomic E-state index is 11.8.